The smallest absolute Gasteiger partial charge is 0.417 e. The SMILES string of the molecule is O=C(NS(=O)(=O)C1CC1)c1cc(C2CC2)c(O[C@@H]2CCCN(c3ccc(C(F)(F)F)cn3)C2)cc1F. The van der Waals surface area contributed by atoms with Crippen molar-refractivity contribution in [1.82, 2.24) is 9.71 Å². The number of hydrogen-bond donors (Lipinski definition) is 1. The fourth-order valence-corrected chi connectivity index (χ4v) is 5.66. The summed E-state index contributed by atoms with van der Waals surface area (Å²) in [5.41, 5.74) is -0.516. The summed E-state index contributed by atoms with van der Waals surface area (Å²) in [6, 6.07) is 4.81. The lowest BCUT2D eigenvalue weighted by Gasteiger charge is -2.34. The van der Waals surface area contributed by atoms with Crippen LogP contribution in [0.1, 0.15) is 65.9 Å². The minimum Gasteiger partial charge on any atom is -0.488 e. The third-order valence-corrected chi connectivity index (χ3v) is 8.45. The fourth-order valence-electron chi connectivity index (χ4n) is 4.37. The van der Waals surface area contributed by atoms with Crippen LogP contribution in [0, 0.1) is 5.82 Å². The second-order valence-electron chi connectivity index (χ2n) is 9.55. The molecular formula is C24H25F4N3O4S. The molecule has 194 valence electrons. The zero-order valence-corrected chi connectivity index (χ0v) is 20.0. The Kier molecular flexibility index (Phi) is 6.34. The number of alkyl halides is 3. The number of nitrogens with one attached hydrogen (secondary N) is 1. The van der Waals surface area contributed by atoms with Crippen LogP contribution in [0.25, 0.3) is 0 Å². The van der Waals surface area contributed by atoms with Crippen LogP contribution in [0.5, 0.6) is 5.75 Å². The summed E-state index contributed by atoms with van der Waals surface area (Å²) in [6.07, 6.45) is -0.0302. The van der Waals surface area contributed by atoms with E-state index < -0.39 is 38.7 Å². The molecule has 0 bridgehead atoms. The van der Waals surface area contributed by atoms with Gasteiger partial charge in [-0.25, -0.2) is 22.5 Å². The molecule has 2 saturated carbocycles. The van der Waals surface area contributed by atoms with Gasteiger partial charge in [0.15, 0.2) is 0 Å². The molecule has 1 amide bonds. The first-order chi connectivity index (χ1) is 17.0. The van der Waals surface area contributed by atoms with E-state index in [0.29, 0.717) is 55.9 Å². The summed E-state index contributed by atoms with van der Waals surface area (Å²) in [4.78, 5) is 18.3. The van der Waals surface area contributed by atoms with E-state index in [2.05, 4.69) is 4.98 Å². The molecule has 3 aliphatic rings. The molecule has 1 atom stereocenters. The van der Waals surface area contributed by atoms with Crippen LogP contribution in [0.3, 0.4) is 0 Å². The van der Waals surface area contributed by atoms with Gasteiger partial charge in [-0.2, -0.15) is 13.2 Å². The summed E-state index contributed by atoms with van der Waals surface area (Å²) in [5.74, 6) is -1.10. The lowest BCUT2D eigenvalue weighted by atomic mass is 10.0. The summed E-state index contributed by atoms with van der Waals surface area (Å²) >= 11 is 0. The Balaban J connectivity index is 1.32. The van der Waals surface area contributed by atoms with Gasteiger partial charge in [0.25, 0.3) is 5.91 Å². The van der Waals surface area contributed by atoms with E-state index in [1.54, 1.807) is 0 Å². The Morgan fingerprint density at radius 3 is 2.47 bits per heavy atom. The number of hydrogen-bond acceptors (Lipinski definition) is 6. The van der Waals surface area contributed by atoms with Crippen LogP contribution in [-0.2, 0) is 16.2 Å². The number of carbonyl (C=O) groups excluding carboxylic acids is 1. The Hall–Kier alpha value is -2.89. The van der Waals surface area contributed by atoms with Crippen molar-refractivity contribution in [3.63, 3.8) is 0 Å². The minimum absolute atomic E-state index is 0.0865. The predicted octanol–water partition coefficient (Wildman–Crippen LogP) is 4.39. The van der Waals surface area contributed by atoms with Crippen molar-refractivity contribution in [3.8, 4) is 5.75 Å². The van der Waals surface area contributed by atoms with Crippen molar-refractivity contribution in [2.24, 2.45) is 0 Å². The number of piperidine rings is 1. The van der Waals surface area contributed by atoms with Crippen molar-refractivity contribution < 1.29 is 35.5 Å². The monoisotopic (exact) mass is 527 g/mol. The van der Waals surface area contributed by atoms with Gasteiger partial charge in [0.05, 0.1) is 22.9 Å². The molecule has 1 aromatic carbocycles. The molecule has 1 aromatic heterocycles. The van der Waals surface area contributed by atoms with Crippen LogP contribution >= 0.6 is 0 Å². The molecule has 2 aliphatic carbocycles. The first-order valence-electron chi connectivity index (χ1n) is 11.9. The third kappa shape index (κ3) is 5.42. The second-order valence-corrected chi connectivity index (χ2v) is 11.5. The van der Waals surface area contributed by atoms with E-state index in [1.165, 1.54) is 12.1 Å². The highest BCUT2D eigenvalue weighted by atomic mass is 32.2. The number of nitrogens with zero attached hydrogens (tertiary/aromatic N) is 2. The number of anilines is 1. The summed E-state index contributed by atoms with van der Waals surface area (Å²) in [5, 5.41) is -0.608. The number of aromatic nitrogens is 1. The van der Waals surface area contributed by atoms with Gasteiger partial charge in [-0.05, 0) is 68.2 Å². The van der Waals surface area contributed by atoms with Gasteiger partial charge in [-0.3, -0.25) is 4.79 Å². The highest BCUT2D eigenvalue weighted by molar-refractivity contribution is 7.91. The third-order valence-electron chi connectivity index (χ3n) is 6.63. The maximum absolute atomic E-state index is 14.9. The molecule has 0 spiro atoms. The highest BCUT2D eigenvalue weighted by Crippen LogP contribution is 2.45. The van der Waals surface area contributed by atoms with Crippen LogP contribution in [0.15, 0.2) is 30.5 Å². The van der Waals surface area contributed by atoms with E-state index in [1.807, 2.05) is 9.62 Å². The number of amides is 1. The number of sulfonamides is 1. The number of benzene rings is 1. The summed E-state index contributed by atoms with van der Waals surface area (Å²) < 4.78 is 85.8. The quantitative estimate of drug-likeness (QED) is 0.538. The molecule has 0 unspecified atom stereocenters. The van der Waals surface area contributed by atoms with Gasteiger partial charge in [-0.1, -0.05) is 0 Å². The molecule has 36 heavy (non-hydrogen) atoms. The van der Waals surface area contributed by atoms with E-state index in [0.717, 1.165) is 31.2 Å². The van der Waals surface area contributed by atoms with Gasteiger partial charge >= 0.3 is 6.18 Å². The molecule has 12 heteroatoms. The lowest BCUT2D eigenvalue weighted by molar-refractivity contribution is -0.137. The Labute approximate surface area is 205 Å². The fraction of sp³-hybridized carbons (Fsp3) is 0.500. The molecule has 2 heterocycles. The Morgan fingerprint density at radius 1 is 1.11 bits per heavy atom. The number of halogens is 4. The van der Waals surface area contributed by atoms with Crippen LogP contribution in [0.4, 0.5) is 23.4 Å². The molecular weight excluding hydrogens is 502 g/mol. The first kappa shape index (κ1) is 24.8. The number of carbonyl (C=O) groups is 1. The van der Waals surface area contributed by atoms with Crippen molar-refractivity contribution in [3.05, 3.63) is 53.0 Å². The summed E-state index contributed by atoms with van der Waals surface area (Å²) in [7, 11) is -3.82. The molecule has 2 aromatic rings. The van der Waals surface area contributed by atoms with Crippen LogP contribution in [-0.4, -0.2) is 43.8 Å². The van der Waals surface area contributed by atoms with E-state index in [4.69, 9.17) is 4.74 Å². The largest absolute Gasteiger partial charge is 0.488 e. The Bertz CT molecular complexity index is 1260. The Morgan fingerprint density at radius 2 is 1.86 bits per heavy atom. The zero-order valence-electron chi connectivity index (χ0n) is 19.2. The first-order valence-corrected chi connectivity index (χ1v) is 13.4. The minimum atomic E-state index is -4.46. The molecule has 3 fully saturated rings. The highest BCUT2D eigenvalue weighted by Gasteiger charge is 2.38. The predicted molar refractivity (Wildman–Crippen MR) is 123 cm³/mol. The molecule has 5 rings (SSSR count). The van der Waals surface area contributed by atoms with E-state index in [-0.39, 0.29) is 17.6 Å². The molecule has 1 N–H and O–H groups in total. The normalized spacial score (nSPS) is 20.8. The molecule has 7 nitrogen and oxygen atoms in total. The number of ether oxygens (including phenoxy) is 1. The van der Waals surface area contributed by atoms with E-state index >= 15 is 0 Å². The van der Waals surface area contributed by atoms with Crippen molar-refractivity contribution in [2.75, 3.05) is 18.0 Å². The number of rotatable bonds is 7. The van der Waals surface area contributed by atoms with Crippen molar-refractivity contribution in [1.29, 1.82) is 0 Å². The molecule has 1 aliphatic heterocycles. The average Bonchev–Trinajstić information content (AvgIpc) is 3.71. The number of pyridine rings is 1. The topological polar surface area (TPSA) is 88.6 Å². The van der Waals surface area contributed by atoms with Gasteiger partial charge in [0, 0.05) is 18.8 Å². The maximum atomic E-state index is 14.9. The second kappa shape index (κ2) is 9.20. The van der Waals surface area contributed by atoms with Crippen molar-refractivity contribution >= 4 is 21.7 Å². The van der Waals surface area contributed by atoms with Gasteiger partial charge < -0.3 is 9.64 Å². The molecule has 1 saturated heterocycles. The standard InChI is InChI=1S/C24H25F4N3O4S/c25-20-11-21(18(14-3-4-14)10-19(20)23(32)30-36(33,34)17-6-7-17)35-16-2-1-9-31(13-16)22-8-5-15(12-29-22)24(26,27)28/h5,8,10-12,14,16-17H,1-4,6-7,9,13H2,(H,30,32)/t16-/m1/s1. The summed E-state index contributed by atoms with van der Waals surface area (Å²) in [6.45, 7) is 0.947. The lowest BCUT2D eigenvalue weighted by Crippen LogP contribution is -2.41. The van der Waals surface area contributed by atoms with Crippen molar-refractivity contribution in [2.45, 2.75) is 62.0 Å². The zero-order chi connectivity index (χ0) is 25.7. The van der Waals surface area contributed by atoms with Crippen LogP contribution in [0.2, 0.25) is 0 Å². The maximum Gasteiger partial charge on any atom is 0.417 e. The van der Waals surface area contributed by atoms with Gasteiger partial charge in [0.2, 0.25) is 10.0 Å². The average molecular weight is 528 g/mol. The van der Waals surface area contributed by atoms with Gasteiger partial charge in [-0.15, -0.1) is 0 Å². The van der Waals surface area contributed by atoms with E-state index in [9.17, 15) is 30.8 Å². The van der Waals surface area contributed by atoms with Gasteiger partial charge in [0.1, 0.15) is 23.5 Å². The van der Waals surface area contributed by atoms with Crippen LogP contribution < -0.4 is 14.4 Å². The molecule has 0 radical (unpaired) electrons.